The van der Waals surface area contributed by atoms with E-state index in [1.807, 2.05) is 30.3 Å². The van der Waals surface area contributed by atoms with E-state index in [1.54, 1.807) is 6.92 Å². The van der Waals surface area contributed by atoms with Gasteiger partial charge in [-0.3, -0.25) is 9.59 Å². The molecule has 1 heterocycles. The molecule has 1 atom stereocenters. The first-order chi connectivity index (χ1) is 7.13. The van der Waals surface area contributed by atoms with Crippen LogP contribution in [0.2, 0.25) is 0 Å². The van der Waals surface area contributed by atoms with E-state index in [0.717, 1.165) is 5.56 Å². The highest BCUT2D eigenvalue weighted by Gasteiger charge is 2.39. The van der Waals surface area contributed by atoms with Crippen molar-refractivity contribution in [3.05, 3.63) is 35.9 Å². The number of carbonyl (C=O) groups is 2. The Hall–Kier alpha value is -1.64. The Morgan fingerprint density at radius 2 is 1.80 bits per heavy atom. The van der Waals surface area contributed by atoms with Gasteiger partial charge in [0.2, 0.25) is 5.91 Å². The van der Waals surface area contributed by atoms with E-state index in [9.17, 15) is 9.59 Å². The van der Waals surface area contributed by atoms with E-state index in [0.29, 0.717) is 12.8 Å². The SMILES string of the molecule is CC1(c2ccccc2)NC(=O)CCC1=O. The lowest BCUT2D eigenvalue weighted by Crippen LogP contribution is -2.53. The normalized spacial score (nSPS) is 26.2. The van der Waals surface area contributed by atoms with Gasteiger partial charge in [0.05, 0.1) is 0 Å². The van der Waals surface area contributed by atoms with Gasteiger partial charge in [0, 0.05) is 12.8 Å². The molecular weight excluding hydrogens is 190 g/mol. The molecule has 1 unspecified atom stereocenters. The molecule has 3 heteroatoms. The van der Waals surface area contributed by atoms with Gasteiger partial charge < -0.3 is 5.32 Å². The van der Waals surface area contributed by atoms with Crippen molar-refractivity contribution in [1.82, 2.24) is 5.32 Å². The molecule has 2 rings (SSSR count). The number of ketones is 1. The zero-order valence-electron chi connectivity index (χ0n) is 8.62. The second-order valence-electron chi connectivity index (χ2n) is 3.96. The maximum absolute atomic E-state index is 11.8. The number of carbonyl (C=O) groups excluding carboxylic acids is 2. The summed E-state index contributed by atoms with van der Waals surface area (Å²) in [7, 11) is 0. The number of nitrogens with one attached hydrogen (secondary N) is 1. The molecule has 1 aromatic rings. The average molecular weight is 203 g/mol. The molecule has 1 aromatic carbocycles. The summed E-state index contributed by atoms with van der Waals surface area (Å²) in [5, 5.41) is 2.77. The van der Waals surface area contributed by atoms with Crippen LogP contribution in [0.3, 0.4) is 0 Å². The predicted octanol–water partition coefficient (Wildman–Crippen LogP) is 1.38. The Bertz CT molecular complexity index is 399. The lowest BCUT2D eigenvalue weighted by molar-refractivity contribution is -0.137. The fraction of sp³-hybridized carbons (Fsp3) is 0.333. The predicted molar refractivity (Wildman–Crippen MR) is 56.2 cm³/mol. The van der Waals surface area contributed by atoms with Gasteiger partial charge in [-0.05, 0) is 12.5 Å². The second-order valence-corrected chi connectivity index (χ2v) is 3.96. The zero-order chi connectivity index (χ0) is 10.9. The van der Waals surface area contributed by atoms with Crippen molar-refractivity contribution >= 4 is 11.7 Å². The Balaban J connectivity index is 2.40. The van der Waals surface area contributed by atoms with E-state index in [2.05, 4.69) is 5.32 Å². The van der Waals surface area contributed by atoms with Crippen LogP contribution in [0.15, 0.2) is 30.3 Å². The topological polar surface area (TPSA) is 46.2 Å². The highest BCUT2D eigenvalue weighted by molar-refractivity contribution is 5.98. The summed E-state index contributed by atoms with van der Waals surface area (Å²) in [4.78, 5) is 23.2. The number of hydrogen-bond donors (Lipinski definition) is 1. The Labute approximate surface area is 88.5 Å². The van der Waals surface area contributed by atoms with Gasteiger partial charge in [0.15, 0.2) is 5.78 Å². The molecule has 0 saturated carbocycles. The number of hydrogen-bond acceptors (Lipinski definition) is 2. The molecule has 0 aromatic heterocycles. The van der Waals surface area contributed by atoms with Crippen molar-refractivity contribution in [2.45, 2.75) is 25.3 Å². The standard InChI is InChI=1S/C12H13NO2/c1-12(9-5-3-2-4-6-9)10(14)7-8-11(15)13-12/h2-6H,7-8H2,1H3,(H,13,15). The zero-order valence-corrected chi connectivity index (χ0v) is 8.62. The van der Waals surface area contributed by atoms with Crippen molar-refractivity contribution in [3.63, 3.8) is 0 Å². The number of piperidine rings is 1. The summed E-state index contributed by atoms with van der Waals surface area (Å²) in [5.74, 6) is 0.0225. The average Bonchev–Trinajstić information content (AvgIpc) is 2.25. The Kier molecular flexibility index (Phi) is 2.31. The van der Waals surface area contributed by atoms with Crippen LogP contribution >= 0.6 is 0 Å². The van der Waals surface area contributed by atoms with Crippen molar-refractivity contribution in [2.75, 3.05) is 0 Å². The van der Waals surface area contributed by atoms with E-state index in [-0.39, 0.29) is 11.7 Å². The minimum atomic E-state index is -0.837. The van der Waals surface area contributed by atoms with Crippen LogP contribution in [0.1, 0.15) is 25.3 Å². The molecule has 1 aliphatic heterocycles. The molecule has 15 heavy (non-hydrogen) atoms. The quantitative estimate of drug-likeness (QED) is 0.749. The molecule has 0 bridgehead atoms. The van der Waals surface area contributed by atoms with Gasteiger partial charge in [-0.1, -0.05) is 30.3 Å². The first kappa shape index (κ1) is 9.90. The first-order valence-corrected chi connectivity index (χ1v) is 5.03. The summed E-state index contributed by atoms with van der Waals surface area (Å²) in [5.41, 5.74) is 0.0133. The number of amides is 1. The van der Waals surface area contributed by atoms with Crippen LogP contribution in [-0.2, 0) is 15.1 Å². The summed E-state index contributed by atoms with van der Waals surface area (Å²) < 4.78 is 0. The summed E-state index contributed by atoms with van der Waals surface area (Å²) in [6.45, 7) is 1.77. The molecule has 78 valence electrons. The van der Waals surface area contributed by atoms with Gasteiger partial charge in [-0.15, -0.1) is 0 Å². The van der Waals surface area contributed by atoms with Gasteiger partial charge in [0.25, 0.3) is 0 Å². The molecule has 1 aliphatic rings. The maximum atomic E-state index is 11.8. The number of rotatable bonds is 1. The van der Waals surface area contributed by atoms with Gasteiger partial charge in [-0.2, -0.15) is 0 Å². The minimum absolute atomic E-state index is 0.0547. The van der Waals surface area contributed by atoms with Crippen molar-refractivity contribution in [3.8, 4) is 0 Å². The van der Waals surface area contributed by atoms with Crippen molar-refractivity contribution < 1.29 is 9.59 Å². The lowest BCUT2D eigenvalue weighted by atomic mass is 9.83. The monoisotopic (exact) mass is 203 g/mol. The number of benzene rings is 1. The molecule has 1 N–H and O–H groups in total. The molecule has 3 nitrogen and oxygen atoms in total. The summed E-state index contributed by atoms with van der Waals surface area (Å²) in [6.07, 6.45) is 0.637. The molecule has 1 fully saturated rings. The fourth-order valence-corrected chi connectivity index (χ4v) is 1.89. The van der Waals surface area contributed by atoms with Crippen LogP contribution in [0.4, 0.5) is 0 Å². The highest BCUT2D eigenvalue weighted by atomic mass is 16.2. The molecule has 0 radical (unpaired) electrons. The molecule has 1 amide bonds. The molecule has 0 aliphatic carbocycles. The Morgan fingerprint density at radius 1 is 1.13 bits per heavy atom. The molecule has 0 spiro atoms. The maximum Gasteiger partial charge on any atom is 0.221 e. The van der Waals surface area contributed by atoms with E-state index >= 15 is 0 Å². The van der Waals surface area contributed by atoms with Crippen LogP contribution in [0.25, 0.3) is 0 Å². The van der Waals surface area contributed by atoms with Crippen molar-refractivity contribution in [2.24, 2.45) is 0 Å². The summed E-state index contributed by atoms with van der Waals surface area (Å²) in [6, 6.07) is 9.36. The van der Waals surface area contributed by atoms with Gasteiger partial charge >= 0.3 is 0 Å². The first-order valence-electron chi connectivity index (χ1n) is 5.03. The van der Waals surface area contributed by atoms with E-state index in [1.165, 1.54) is 0 Å². The van der Waals surface area contributed by atoms with Gasteiger partial charge in [0.1, 0.15) is 5.54 Å². The highest BCUT2D eigenvalue weighted by Crippen LogP contribution is 2.26. The molecular formula is C12H13NO2. The Morgan fingerprint density at radius 3 is 2.47 bits per heavy atom. The van der Waals surface area contributed by atoms with E-state index in [4.69, 9.17) is 0 Å². The second kappa shape index (κ2) is 3.50. The van der Waals surface area contributed by atoms with Crippen LogP contribution in [-0.4, -0.2) is 11.7 Å². The van der Waals surface area contributed by atoms with Crippen LogP contribution in [0.5, 0.6) is 0 Å². The van der Waals surface area contributed by atoms with Crippen LogP contribution < -0.4 is 5.32 Å². The lowest BCUT2D eigenvalue weighted by Gasteiger charge is -2.33. The summed E-state index contributed by atoms with van der Waals surface area (Å²) >= 11 is 0. The largest absolute Gasteiger partial charge is 0.340 e. The minimum Gasteiger partial charge on any atom is -0.340 e. The smallest absolute Gasteiger partial charge is 0.221 e. The third-order valence-corrected chi connectivity index (χ3v) is 2.88. The van der Waals surface area contributed by atoms with Crippen LogP contribution in [0, 0.1) is 0 Å². The van der Waals surface area contributed by atoms with E-state index < -0.39 is 5.54 Å². The fourth-order valence-electron chi connectivity index (χ4n) is 1.89. The van der Waals surface area contributed by atoms with Crippen molar-refractivity contribution in [1.29, 1.82) is 0 Å². The number of Topliss-reactive ketones (excluding diaryl/α,β-unsaturated/α-hetero) is 1. The third-order valence-electron chi connectivity index (χ3n) is 2.88. The third kappa shape index (κ3) is 1.65. The van der Waals surface area contributed by atoms with Gasteiger partial charge in [-0.25, -0.2) is 0 Å². The molecule has 1 saturated heterocycles.